The molecule has 0 aliphatic carbocycles. The second kappa shape index (κ2) is 8.57. The van der Waals surface area contributed by atoms with Gasteiger partial charge in [0.05, 0.1) is 16.9 Å². The summed E-state index contributed by atoms with van der Waals surface area (Å²) in [7, 11) is -3.70. The van der Waals surface area contributed by atoms with Crippen LogP contribution in [0.2, 0.25) is 0 Å². The molecule has 30 heavy (non-hydrogen) atoms. The van der Waals surface area contributed by atoms with Gasteiger partial charge in [0.2, 0.25) is 22.7 Å². The molecule has 1 aliphatic rings. The number of sulfonamides is 1. The van der Waals surface area contributed by atoms with Crippen molar-refractivity contribution in [3.63, 3.8) is 0 Å². The third-order valence-corrected chi connectivity index (χ3v) is 5.67. The first-order valence-corrected chi connectivity index (χ1v) is 10.9. The van der Waals surface area contributed by atoms with E-state index in [1.807, 2.05) is 0 Å². The van der Waals surface area contributed by atoms with Crippen LogP contribution in [0.3, 0.4) is 0 Å². The summed E-state index contributed by atoms with van der Waals surface area (Å²) < 4.78 is 36.1. The molecule has 11 heteroatoms. The lowest BCUT2D eigenvalue weighted by Crippen LogP contribution is -2.32. The first-order valence-electron chi connectivity index (χ1n) is 9.07. The fourth-order valence-electron chi connectivity index (χ4n) is 3.03. The van der Waals surface area contributed by atoms with E-state index in [0.717, 1.165) is 10.6 Å². The minimum absolute atomic E-state index is 0.00933. The highest BCUT2D eigenvalue weighted by molar-refractivity contribution is 7.92. The van der Waals surface area contributed by atoms with E-state index in [1.54, 1.807) is 25.1 Å². The number of carbonyl (C=O) groups is 1. The minimum Gasteiger partial charge on any atom is -0.454 e. The topological polar surface area (TPSA) is 128 Å². The standard InChI is InChI=1S/C19H21N3O7S/c1-13-5-7-15(22(24)25)11-16(13)21(30(2,26)27)9-3-4-19(23)20-14-6-8-17-18(10-14)29-12-28-17/h5-8,10-11H,3-4,9,12H2,1-2H3,(H,20,23). The van der Waals surface area contributed by atoms with Gasteiger partial charge >= 0.3 is 0 Å². The van der Waals surface area contributed by atoms with E-state index in [4.69, 9.17) is 9.47 Å². The van der Waals surface area contributed by atoms with Crippen molar-refractivity contribution in [2.24, 2.45) is 0 Å². The summed E-state index contributed by atoms with van der Waals surface area (Å²) in [5.74, 6) is 0.847. The van der Waals surface area contributed by atoms with Crippen molar-refractivity contribution in [3.05, 3.63) is 52.1 Å². The number of amides is 1. The Morgan fingerprint density at radius 1 is 1.20 bits per heavy atom. The van der Waals surface area contributed by atoms with Crippen LogP contribution in [0.15, 0.2) is 36.4 Å². The molecule has 2 aromatic carbocycles. The Morgan fingerprint density at radius 2 is 1.93 bits per heavy atom. The summed E-state index contributed by atoms with van der Waals surface area (Å²) in [6.45, 7) is 1.81. The van der Waals surface area contributed by atoms with Crippen molar-refractivity contribution in [3.8, 4) is 11.5 Å². The number of nitro groups is 1. The SMILES string of the molecule is Cc1ccc([N+](=O)[O-])cc1N(CCCC(=O)Nc1ccc2c(c1)OCO2)S(C)(=O)=O. The molecule has 0 saturated carbocycles. The van der Waals surface area contributed by atoms with E-state index in [2.05, 4.69) is 5.32 Å². The Balaban J connectivity index is 1.65. The van der Waals surface area contributed by atoms with Crippen molar-refractivity contribution in [1.29, 1.82) is 0 Å². The molecule has 1 amide bonds. The van der Waals surface area contributed by atoms with Gasteiger partial charge in [0.1, 0.15) is 0 Å². The van der Waals surface area contributed by atoms with Gasteiger partial charge in [-0.2, -0.15) is 0 Å². The Bertz CT molecular complexity index is 1090. The lowest BCUT2D eigenvalue weighted by atomic mass is 10.1. The molecule has 0 fully saturated rings. The fourth-order valence-corrected chi connectivity index (χ4v) is 4.04. The molecule has 0 radical (unpaired) electrons. The molecule has 0 atom stereocenters. The van der Waals surface area contributed by atoms with Gasteiger partial charge in [-0.3, -0.25) is 19.2 Å². The van der Waals surface area contributed by atoms with Crippen LogP contribution in [0, 0.1) is 17.0 Å². The summed E-state index contributed by atoms with van der Waals surface area (Å²) >= 11 is 0. The smallest absolute Gasteiger partial charge is 0.271 e. The van der Waals surface area contributed by atoms with Crippen molar-refractivity contribution in [1.82, 2.24) is 0 Å². The van der Waals surface area contributed by atoms with E-state index >= 15 is 0 Å². The fraction of sp³-hybridized carbons (Fsp3) is 0.316. The van der Waals surface area contributed by atoms with Gasteiger partial charge in [-0.05, 0) is 31.0 Å². The summed E-state index contributed by atoms with van der Waals surface area (Å²) in [5, 5.41) is 13.8. The maximum absolute atomic E-state index is 12.3. The number of anilines is 2. The Hall–Kier alpha value is -3.34. The molecule has 2 aromatic rings. The monoisotopic (exact) mass is 435 g/mol. The lowest BCUT2D eigenvalue weighted by Gasteiger charge is -2.24. The number of fused-ring (bicyclic) bond motifs is 1. The van der Waals surface area contributed by atoms with Crippen molar-refractivity contribution >= 4 is 33.0 Å². The minimum atomic E-state index is -3.70. The third-order valence-electron chi connectivity index (χ3n) is 4.49. The van der Waals surface area contributed by atoms with Gasteiger partial charge in [0.25, 0.3) is 5.69 Å². The predicted octanol–water partition coefficient (Wildman–Crippen LogP) is 2.82. The first kappa shape index (κ1) is 21.4. The number of benzene rings is 2. The number of aryl methyl sites for hydroxylation is 1. The average molecular weight is 435 g/mol. The summed E-state index contributed by atoms with van der Waals surface area (Å²) in [4.78, 5) is 22.7. The molecule has 3 rings (SSSR count). The number of carbonyl (C=O) groups excluding carboxylic acids is 1. The van der Waals surface area contributed by atoms with Gasteiger partial charge in [0.15, 0.2) is 11.5 Å². The second-order valence-corrected chi connectivity index (χ2v) is 8.69. The molecular weight excluding hydrogens is 414 g/mol. The largest absolute Gasteiger partial charge is 0.454 e. The van der Waals surface area contributed by atoms with Crippen LogP contribution in [0.4, 0.5) is 17.1 Å². The van der Waals surface area contributed by atoms with Crippen LogP contribution in [0.25, 0.3) is 0 Å². The highest BCUT2D eigenvalue weighted by Crippen LogP contribution is 2.34. The van der Waals surface area contributed by atoms with Gasteiger partial charge in [0, 0.05) is 36.9 Å². The highest BCUT2D eigenvalue weighted by atomic mass is 32.2. The third kappa shape index (κ3) is 4.98. The summed E-state index contributed by atoms with van der Waals surface area (Å²) in [6.07, 6.45) is 1.32. The maximum Gasteiger partial charge on any atom is 0.271 e. The maximum atomic E-state index is 12.3. The molecule has 1 N–H and O–H groups in total. The van der Waals surface area contributed by atoms with Crippen LogP contribution in [-0.4, -0.2) is 38.8 Å². The zero-order valence-electron chi connectivity index (χ0n) is 16.5. The van der Waals surface area contributed by atoms with Crippen LogP contribution in [0.5, 0.6) is 11.5 Å². The van der Waals surface area contributed by atoms with E-state index in [9.17, 15) is 23.3 Å². The average Bonchev–Trinajstić information content (AvgIpc) is 3.12. The highest BCUT2D eigenvalue weighted by Gasteiger charge is 2.22. The van der Waals surface area contributed by atoms with E-state index in [1.165, 1.54) is 18.2 Å². The molecule has 10 nitrogen and oxygen atoms in total. The zero-order valence-corrected chi connectivity index (χ0v) is 17.3. The Morgan fingerprint density at radius 3 is 2.63 bits per heavy atom. The molecule has 0 saturated heterocycles. The number of nitrogens with one attached hydrogen (secondary N) is 1. The molecule has 1 aliphatic heterocycles. The second-order valence-electron chi connectivity index (χ2n) is 6.78. The van der Waals surface area contributed by atoms with Crippen LogP contribution < -0.4 is 19.1 Å². The molecular formula is C19H21N3O7S. The molecule has 160 valence electrons. The lowest BCUT2D eigenvalue weighted by molar-refractivity contribution is -0.384. The van der Waals surface area contributed by atoms with Crippen molar-refractivity contribution in [2.75, 3.05) is 29.2 Å². The van der Waals surface area contributed by atoms with Crippen molar-refractivity contribution in [2.45, 2.75) is 19.8 Å². The van der Waals surface area contributed by atoms with Crippen molar-refractivity contribution < 1.29 is 27.6 Å². The normalized spacial score (nSPS) is 12.5. The van der Waals surface area contributed by atoms with Gasteiger partial charge < -0.3 is 14.8 Å². The predicted molar refractivity (Wildman–Crippen MR) is 110 cm³/mol. The van der Waals surface area contributed by atoms with Gasteiger partial charge in [-0.1, -0.05) is 6.07 Å². The number of ether oxygens (including phenoxy) is 2. The molecule has 0 bridgehead atoms. The van der Waals surface area contributed by atoms with Gasteiger partial charge in [-0.15, -0.1) is 0 Å². The molecule has 0 aromatic heterocycles. The molecule has 0 unspecified atom stereocenters. The number of hydrogen-bond acceptors (Lipinski definition) is 7. The quantitative estimate of drug-likeness (QED) is 0.499. The number of non-ortho nitro benzene ring substituents is 1. The molecule has 0 spiro atoms. The number of nitrogens with zero attached hydrogens (tertiary/aromatic N) is 2. The van der Waals surface area contributed by atoms with Crippen LogP contribution in [-0.2, 0) is 14.8 Å². The van der Waals surface area contributed by atoms with E-state index in [0.29, 0.717) is 22.7 Å². The zero-order chi connectivity index (χ0) is 21.9. The summed E-state index contributed by atoms with van der Waals surface area (Å²) in [5.41, 5.74) is 1.14. The number of rotatable bonds is 8. The molecule has 1 heterocycles. The van der Waals surface area contributed by atoms with E-state index < -0.39 is 14.9 Å². The number of hydrogen-bond donors (Lipinski definition) is 1. The Labute approximate surface area is 173 Å². The summed E-state index contributed by atoms with van der Waals surface area (Å²) in [6, 6.07) is 9.06. The van der Waals surface area contributed by atoms with Crippen LogP contribution in [0.1, 0.15) is 18.4 Å². The van der Waals surface area contributed by atoms with Crippen LogP contribution >= 0.6 is 0 Å². The number of nitro benzene ring substituents is 1. The van der Waals surface area contributed by atoms with Gasteiger partial charge in [-0.25, -0.2) is 8.42 Å². The van der Waals surface area contributed by atoms with E-state index in [-0.39, 0.29) is 43.5 Å². The Kier molecular flexibility index (Phi) is 6.11. The first-order chi connectivity index (χ1) is 14.1.